The molecule has 210 valence electrons. The van der Waals surface area contributed by atoms with Gasteiger partial charge in [-0.25, -0.2) is 16.5 Å². The van der Waals surface area contributed by atoms with Gasteiger partial charge in [-0.1, -0.05) is 11.6 Å². The van der Waals surface area contributed by atoms with Crippen molar-refractivity contribution in [1.29, 1.82) is 0 Å². The minimum Gasteiger partial charge on any atom is -0.496 e. The largest absolute Gasteiger partial charge is 0.496 e. The van der Waals surface area contributed by atoms with E-state index in [0.29, 0.717) is 47.2 Å². The van der Waals surface area contributed by atoms with Crippen LogP contribution in [0.2, 0.25) is 5.02 Å². The van der Waals surface area contributed by atoms with Crippen LogP contribution in [0, 0.1) is 12.5 Å². The summed E-state index contributed by atoms with van der Waals surface area (Å²) in [6.45, 7) is 9.67. The monoisotopic (exact) mass is 556 g/mol. The van der Waals surface area contributed by atoms with Gasteiger partial charge in [0.05, 0.1) is 50.9 Å². The number of nitrogens with one attached hydrogen (secondary N) is 1. The standard InChI is InChI=1S/C28H37ClN6O4/c1-30-26-6-5-11-35(26)27(36)18-34(17-23-24(38-3)12-22(37-2)13-25(23)39-4)21-9-7-19(8-10-21)14-31-28-32-15-20(29)16-33-28/h12-13,15-16,19,21,26H,5-11,14,17-18H2,2-4H3,(H,31,32,33)/t19?,21?,26-/m0/s1. The zero-order valence-corrected chi connectivity index (χ0v) is 23.6. The lowest BCUT2D eigenvalue weighted by molar-refractivity contribution is -0.133. The van der Waals surface area contributed by atoms with Gasteiger partial charge in [0.15, 0.2) is 0 Å². The fourth-order valence-corrected chi connectivity index (χ4v) is 5.64. The van der Waals surface area contributed by atoms with E-state index < -0.39 is 0 Å². The molecule has 1 amide bonds. The first-order chi connectivity index (χ1) is 18.9. The van der Waals surface area contributed by atoms with Gasteiger partial charge in [0, 0.05) is 44.2 Å². The van der Waals surface area contributed by atoms with Gasteiger partial charge < -0.3 is 19.5 Å². The summed E-state index contributed by atoms with van der Waals surface area (Å²) in [5.41, 5.74) is 0.875. The van der Waals surface area contributed by atoms with Crippen molar-refractivity contribution in [2.45, 2.75) is 57.3 Å². The van der Waals surface area contributed by atoms with Gasteiger partial charge in [0.2, 0.25) is 11.9 Å². The van der Waals surface area contributed by atoms with Crippen LogP contribution in [0.1, 0.15) is 44.1 Å². The predicted octanol–water partition coefficient (Wildman–Crippen LogP) is 4.50. The highest BCUT2D eigenvalue weighted by Gasteiger charge is 2.36. The number of carbonyl (C=O) groups is 1. The van der Waals surface area contributed by atoms with E-state index in [0.717, 1.165) is 50.6 Å². The molecule has 0 unspecified atom stereocenters. The molecule has 0 spiro atoms. The summed E-state index contributed by atoms with van der Waals surface area (Å²) in [5, 5.41) is 3.83. The molecule has 1 aliphatic heterocycles. The molecule has 1 aromatic heterocycles. The fraction of sp³-hybridized carbons (Fsp3) is 0.571. The van der Waals surface area contributed by atoms with E-state index >= 15 is 0 Å². The highest BCUT2D eigenvalue weighted by molar-refractivity contribution is 6.30. The van der Waals surface area contributed by atoms with Crippen LogP contribution in [0.15, 0.2) is 24.5 Å². The van der Waals surface area contributed by atoms with Crippen molar-refractivity contribution < 1.29 is 19.0 Å². The van der Waals surface area contributed by atoms with Gasteiger partial charge >= 0.3 is 6.17 Å². The summed E-state index contributed by atoms with van der Waals surface area (Å²) < 4.78 is 16.8. The Balaban J connectivity index is 1.48. The predicted molar refractivity (Wildman–Crippen MR) is 149 cm³/mol. The molecule has 4 rings (SSSR count). The molecule has 10 nitrogen and oxygen atoms in total. The molecule has 1 aliphatic carbocycles. The van der Waals surface area contributed by atoms with Gasteiger partial charge in [0.25, 0.3) is 0 Å². The number of likely N-dealkylation sites (tertiary alicyclic amines) is 1. The summed E-state index contributed by atoms with van der Waals surface area (Å²) in [5.74, 6) is 3.02. The van der Waals surface area contributed by atoms with Crippen molar-refractivity contribution >= 4 is 23.5 Å². The number of hydrogen-bond donors (Lipinski definition) is 1. The molecule has 1 aromatic carbocycles. The Bertz CT molecular complexity index is 1120. The highest BCUT2D eigenvalue weighted by Crippen LogP contribution is 2.37. The number of methoxy groups -OCH3 is 3. The van der Waals surface area contributed by atoms with Gasteiger partial charge in [-0.2, -0.15) is 0 Å². The number of hydrogen-bond acceptors (Lipinski definition) is 8. The Morgan fingerprint density at radius 1 is 1.10 bits per heavy atom. The second-order valence-corrected chi connectivity index (χ2v) is 10.5. The molecule has 1 saturated carbocycles. The van der Waals surface area contributed by atoms with Crippen LogP contribution >= 0.6 is 11.6 Å². The van der Waals surface area contributed by atoms with E-state index in [1.165, 1.54) is 0 Å². The maximum Gasteiger partial charge on any atom is 0.300 e. The SMILES string of the molecule is [C-]#[N+][C@@H]1CCCN1C(=O)CN(Cc1c(OC)cc(OC)cc1OC)C1CCC(CNc2ncc(Cl)cn2)CC1. The van der Waals surface area contributed by atoms with Gasteiger partial charge in [-0.05, 0) is 38.0 Å². The topological polar surface area (TPSA) is 93.4 Å². The third-order valence-corrected chi connectivity index (χ3v) is 7.90. The second kappa shape index (κ2) is 13.7. The van der Waals surface area contributed by atoms with Crippen molar-refractivity contribution in [2.75, 3.05) is 46.3 Å². The summed E-state index contributed by atoms with van der Waals surface area (Å²) >= 11 is 5.89. The lowest BCUT2D eigenvalue weighted by atomic mass is 9.85. The average molecular weight is 557 g/mol. The summed E-state index contributed by atoms with van der Waals surface area (Å²) in [6, 6.07) is 3.89. The summed E-state index contributed by atoms with van der Waals surface area (Å²) in [6.07, 6.45) is 8.36. The van der Waals surface area contributed by atoms with Crippen molar-refractivity contribution in [3.63, 3.8) is 0 Å². The van der Waals surface area contributed by atoms with Gasteiger partial charge in [-0.15, -0.1) is 0 Å². The quantitative estimate of drug-likeness (QED) is 0.405. The lowest BCUT2D eigenvalue weighted by Gasteiger charge is -2.37. The van der Waals surface area contributed by atoms with E-state index in [4.69, 9.17) is 32.4 Å². The number of rotatable bonds is 11. The highest BCUT2D eigenvalue weighted by atomic mass is 35.5. The fourth-order valence-electron chi connectivity index (χ4n) is 5.54. The number of carbonyl (C=O) groups excluding carboxylic acids is 1. The maximum absolute atomic E-state index is 13.4. The van der Waals surface area contributed by atoms with E-state index in [-0.39, 0.29) is 24.7 Å². The first-order valence-corrected chi connectivity index (χ1v) is 13.7. The number of ether oxygens (including phenoxy) is 3. The number of benzene rings is 1. The van der Waals surface area contributed by atoms with Crippen LogP contribution in [-0.2, 0) is 11.3 Å². The molecule has 2 aromatic rings. The van der Waals surface area contributed by atoms with Crippen LogP contribution in [0.3, 0.4) is 0 Å². The van der Waals surface area contributed by atoms with Gasteiger partial charge in [0.1, 0.15) is 17.2 Å². The molecule has 2 fully saturated rings. The van der Waals surface area contributed by atoms with Crippen molar-refractivity contribution in [2.24, 2.45) is 5.92 Å². The van der Waals surface area contributed by atoms with E-state index in [1.54, 1.807) is 38.6 Å². The first kappa shape index (κ1) is 28.7. The van der Waals surface area contributed by atoms with Gasteiger partial charge in [-0.3, -0.25) is 19.4 Å². The lowest BCUT2D eigenvalue weighted by Crippen LogP contribution is -2.46. The zero-order chi connectivity index (χ0) is 27.8. The summed E-state index contributed by atoms with van der Waals surface area (Å²) in [7, 11) is 4.86. The molecule has 11 heteroatoms. The van der Waals surface area contributed by atoms with Crippen LogP contribution in [0.5, 0.6) is 17.2 Å². The van der Waals surface area contributed by atoms with E-state index in [2.05, 4.69) is 25.0 Å². The molecule has 0 radical (unpaired) electrons. The average Bonchev–Trinajstić information content (AvgIpc) is 3.46. The minimum absolute atomic E-state index is 0.00335. The molecule has 0 bridgehead atoms. The smallest absolute Gasteiger partial charge is 0.300 e. The second-order valence-electron chi connectivity index (χ2n) is 10.0. The normalized spacial score (nSPS) is 20.9. The van der Waals surface area contributed by atoms with Crippen molar-refractivity contribution in [1.82, 2.24) is 19.8 Å². The van der Waals surface area contributed by atoms with Crippen LogP contribution < -0.4 is 19.5 Å². The molecule has 1 atom stereocenters. The molecule has 39 heavy (non-hydrogen) atoms. The molecule has 1 N–H and O–H groups in total. The van der Waals surface area contributed by atoms with Crippen LogP contribution in [-0.4, -0.2) is 78.8 Å². The Hall–Kier alpha value is -3.29. The Kier molecular flexibility index (Phi) is 10.1. The third-order valence-electron chi connectivity index (χ3n) is 7.71. The van der Waals surface area contributed by atoms with Crippen LogP contribution in [0.4, 0.5) is 5.95 Å². The van der Waals surface area contributed by atoms with Crippen molar-refractivity contribution in [3.8, 4) is 17.2 Å². The third kappa shape index (κ3) is 7.22. The molecular weight excluding hydrogens is 520 g/mol. The van der Waals surface area contributed by atoms with Crippen LogP contribution in [0.25, 0.3) is 4.85 Å². The number of aromatic nitrogens is 2. The molecule has 2 heterocycles. The maximum atomic E-state index is 13.4. The number of nitrogens with zero attached hydrogens (tertiary/aromatic N) is 5. The molecular formula is C28H37ClN6O4. The molecule has 1 saturated heterocycles. The first-order valence-electron chi connectivity index (χ1n) is 13.4. The Labute approximate surface area is 235 Å². The minimum atomic E-state index is -0.360. The summed E-state index contributed by atoms with van der Waals surface area (Å²) in [4.78, 5) is 29.5. The zero-order valence-electron chi connectivity index (χ0n) is 22.9. The Morgan fingerprint density at radius 2 is 1.77 bits per heavy atom. The van der Waals surface area contributed by atoms with Crippen molar-refractivity contribution in [3.05, 3.63) is 46.5 Å². The van der Waals surface area contributed by atoms with E-state index in [9.17, 15) is 4.79 Å². The number of amides is 1. The Morgan fingerprint density at radius 3 is 2.36 bits per heavy atom. The number of halogens is 1. The van der Waals surface area contributed by atoms with E-state index in [1.807, 2.05) is 12.1 Å². The molecule has 2 aliphatic rings. The number of anilines is 1.